The molecular weight excluding hydrogens is 498 g/mol. The molecule has 2 aromatic carbocycles. The molecule has 0 bridgehead atoms. The van der Waals surface area contributed by atoms with Crippen molar-refractivity contribution in [2.24, 2.45) is 0 Å². The number of sulfonamides is 1. The zero-order valence-electron chi connectivity index (χ0n) is 22.0. The van der Waals surface area contributed by atoms with Crippen molar-refractivity contribution in [3.05, 3.63) is 64.2 Å². The quantitative estimate of drug-likeness (QED) is 0.421. The number of benzene rings is 2. The number of rotatable bonds is 12. The monoisotopic (exact) mass is 535 g/mol. The van der Waals surface area contributed by atoms with Gasteiger partial charge >= 0.3 is 0 Å². The second-order valence-electron chi connectivity index (χ2n) is 9.42. The zero-order valence-corrected chi connectivity index (χ0v) is 23.6. The van der Waals surface area contributed by atoms with Crippen molar-refractivity contribution in [3.8, 4) is 0 Å². The van der Waals surface area contributed by atoms with Gasteiger partial charge in [0.05, 0.1) is 11.9 Å². The number of anilines is 1. The van der Waals surface area contributed by atoms with Crippen molar-refractivity contribution < 1.29 is 18.0 Å². The van der Waals surface area contributed by atoms with Crippen LogP contribution in [-0.2, 0) is 26.2 Å². The summed E-state index contributed by atoms with van der Waals surface area (Å²) in [5.74, 6) is -0.391. The first-order valence-electron chi connectivity index (χ1n) is 12.2. The lowest BCUT2D eigenvalue weighted by atomic mass is 10.1. The number of hydrogen-bond donors (Lipinski definition) is 1. The maximum absolute atomic E-state index is 13.5. The van der Waals surface area contributed by atoms with E-state index < -0.39 is 16.1 Å². The third-order valence-corrected chi connectivity index (χ3v) is 7.54. The predicted octanol–water partition coefficient (Wildman–Crippen LogP) is 4.84. The van der Waals surface area contributed by atoms with Gasteiger partial charge in [-0.25, -0.2) is 8.42 Å². The SMILES string of the molecule is CC[C@H](C(=O)NC(C)C)N(Cc1ccc(C)cc1)C(=O)CCCN(c1cccc(Cl)c1C)S(C)(=O)=O. The lowest BCUT2D eigenvalue weighted by Gasteiger charge is -2.31. The normalized spacial score (nSPS) is 12.3. The van der Waals surface area contributed by atoms with E-state index in [9.17, 15) is 18.0 Å². The van der Waals surface area contributed by atoms with E-state index in [1.54, 1.807) is 30.0 Å². The second kappa shape index (κ2) is 13.1. The van der Waals surface area contributed by atoms with Crippen LogP contribution in [0.2, 0.25) is 5.02 Å². The first-order valence-corrected chi connectivity index (χ1v) is 14.5. The van der Waals surface area contributed by atoms with E-state index in [-0.39, 0.29) is 30.8 Å². The maximum Gasteiger partial charge on any atom is 0.243 e. The summed E-state index contributed by atoms with van der Waals surface area (Å²) in [5.41, 5.74) is 3.19. The van der Waals surface area contributed by atoms with Gasteiger partial charge < -0.3 is 10.2 Å². The molecule has 1 N–H and O–H groups in total. The van der Waals surface area contributed by atoms with Crippen LogP contribution < -0.4 is 9.62 Å². The molecule has 0 aliphatic heterocycles. The summed E-state index contributed by atoms with van der Waals surface area (Å²) < 4.78 is 26.4. The van der Waals surface area contributed by atoms with Crippen LogP contribution >= 0.6 is 11.6 Å². The number of nitrogens with one attached hydrogen (secondary N) is 1. The molecule has 2 amide bonds. The number of hydrogen-bond acceptors (Lipinski definition) is 4. The number of nitrogens with zero attached hydrogens (tertiary/aromatic N) is 2. The van der Waals surface area contributed by atoms with Crippen LogP contribution in [0.3, 0.4) is 0 Å². The van der Waals surface area contributed by atoms with Gasteiger partial charge in [0, 0.05) is 30.6 Å². The first kappa shape index (κ1) is 29.6. The molecule has 0 radical (unpaired) electrons. The molecule has 0 spiro atoms. The van der Waals surface area contributed by atoms with Gasteiger partial charge in [0.15, 0.2) is 0 Å². The molecule has 0 saturated carbocycles. The average molecular weight is 536 g/mol. The molecule has 0 aliphatic carbocycles. The summed E-state index contributed by atoms with van der Waals surface area (Å²) in [4.78, 5) is 28.0. The van der Waals surface area contributed by atoms with E-state index in [0.717, 1.165) is 17.4 Å². The van der Waals surface area contributed by atoms with Crippen molar-refractivity contribution in [2.75, 3.05) is 17.1 Å². The summed E-state index contributed by atoms with van der Waals surface area (Å²) in [6, 6.07) is 12.3. The molecule has 36 heavy (non-hydrogen) atoms. The van der Waals surface area contributed by atoms with E-state index in [0.29, 0.717) is 35.7 Å². The van der Waals surface area contributed by atoms with Crippen LogP contribution in [0.1, 0.15) is 56.7 Å². The fourth-order valence-electron chi connectivity index (χ4n) is 4.04. The summed E-state index contributed by atoms with van der Waals surface area (Å²) in [5, 5.41) is 3.39. The van der Waals surface area contributed by atoms with Gasteiger partial charge in [-0.05, 0) is 63.8 Å². The number of aryl methyl sites for hydroxylation is 1. The van der Waals surface area contributed by atoms with Crippen LogP contribution in [0.5, 0.6) is 0 Å². The van der Waals surface area contributed by atoms with Crippen molar-refractivity contribution >= 4 is 39.1 Å². The topological polar surface area (TPSA) is 86.8 Å². The molecule has 2 rings (SSSR count). The summed E-state index contributed by atoms with van der Waals surface area (Å²) >= 11 is 6.22. The van der Waals surface area contributed by atoms with Gasteiger partial charge in [-0.1, -0.05) is 54.4 Å². The Hall–Kier alpha value is -2.58. The van der Waals surface area contributed by atoms with Crippen LogP contribution in [0.25, 0.3) is 0 Å². The van der Waals surface area contributed by atoms with E-state index >= 15 is 0 Å². The van der Waals surface area contributed by atoms with Gasteiger partial charge in [0.2, 0.25) is 21.8 Å². The highest BCUT2D eigenvalue weighted by molar-refractivity contribution is 7.92. The fraction of sp³-hybridized carbons (Fsp3) is 0.481. The van der Waals surface area contributed by atoms with Gasteiger partial charge in [0.1, 0.15) is 6.04 Å². The van der Waals surface area contributed by atoms with E-state index in [1.165, 1.54) is 4.31 Å². The standard InChI is InChI=1S/C27H38ClN3O4S/c1-7-24(27(33)29-19(2)3)30(18-22-15-13-20(4)14-16-22)26(32)12-9-17-31(36(6,34)35)25-11-8-10-23(28)21(25)5/h8,10-11,13-16,19,24H,7,9,12,17-18H2,1-6H3,(H,29,33)/t24-/m1/s1. The third-order valence-electron chi connectivity index (χ3n) is 5.95. The Balaban J connectivity index is 2.24. The summed E-state index contributed by atoms with van der Waals surface area (Å²) in [6.07, 6.45) is 2.00. The number of amides is 2. The van der Waals surface area contributed by atoms with Gasteiger partial charge in [-0.3, -0.25) is 13.9 Å². The van der Waals surface area contributed by atoms with Crippen LogP contribution in [0, 0.1) is 13.8 Å². The Morgan fingerprint density at radius 3 is 2.25 bits per heavy atom. The van der Waals surface area contributed by atoms with Crippen molar-refractivity contribution in [1.82, 2.24) is 10.2 Å². The Morgan fingerprint density at radius 2 is 1.69 bits per heavy atom. The van der Waals surface area contributed by atoms with Gasteiger partial charge in [-0.2, -0.15) is 0 Å². The Kier molecular flexibility index (Phi) is 10.8. The van der Waals surface area contributed by atoms with Gasteiger partial charge in [-0.15, -0.1) is 0 Å². The summed E-state index contributed by atoms with van der Waals surface area (Å²) in [7, 11) is -3.59. The number of halogens is 1. The molecule has 0 fully saturated rings. The number of carbonyl (C=O) groups is 2. The first-order chi connectivity index (χ1) is 16.8. The van der Waals surface area contributed by atoms with Crippen molar-refractivity contribution in [2.45, 2.75) is 72.5 Å². The highest BCUT2D eigenvalue weighted by Gasteiger charge is 2.29. The molecule has 1 atom stereocenters. The maximum atomic E-state index is 13.5. The van der Waals surface area contributed by atoms with Gasteiger partial charge in [0.25, 0.3) is 0 Å². The Labute approximate surface area is 220 Å². The molecular formula is C27H38ClN3O4S. The zero-order chi connectivity index (χ0) is 27.0. The fourth-order valence-corrected chi connectivity index (χ4v) is 5.22. The van der Waals surface area contributed by atoms with E-state index in [2.05, 4.69) is 5.32 Å². The molecule has 198 valence electrons. The van der Waals surface area contributed by atoms with Crippen LogP contribution in [-0.4, -0.2) is 50.0 Å². The minimum atomic E-state index is -3.59. The van der Waals surface area contributed by atoms with E-state index in [1.807, 2.05) is 52.0 Å². The predicted molar refractivity (Wildman–Crippen MR) is 147 cm³/mol. The lowest BCUT2D eigenvalue weighted by molar-refractivity contribution is -0.141. The van der Waals surface area contributed by atoms with Crippen molar-refractivity contribution in [1.29, 1.82) is 0 Å². The highest BCUT2D eigenvalue weighted by Crippen LogP contribution is 2.28. The summed E-state index contributed by atoms with van der Waals surface area (Å²) in [6.45, 7) is 9.83. The average Bonchev–Trinajstić information content (AvgIpc) is 2.78. The van der Waals surface area contributed by atoms with Crippen molar-refractivity contribution in [3.63, 3.8) is 0 Å². The molecule has 0 aliphatic rings. The minimum absolute atomic E-state index is 0.0490. The lowest BCUT2D eigenvalue weighted by Crippen LogP contribution is -2.50. The molecule has 0 saturated heterocycles. The van der Waals surface area contributed by atoms with Crippen LogP contribution in [0.4, 0.5) is 5.69 Å². The Bertz CT molecular complexity index is 1150. The number of carbonyl (C=O) groups excluding carboxylic acids is 2. The van der Waals surface area contributed by atoms with Crippen LogP contribution in [0.15, 0.2) is 42.5 Å². The minimum Gasteiger partial charge on any atom is -0.352 e. The molecule has 0 aromatic heterocycles. The Morgan fingerprint density at radius 1 is 1.06 bits per heavy atom. The van der Waals surface area contributed by atoms with E-state index in [4.69, 9.17) is 11.6 Å². The second-order valence-corrected chi connectivity index (χ2v) is 11.7. The highest BCUT2D eigenvalue weighted by atomic mass is 35.5. The molecule has 2 aromatic rings. The third kappa shape index (κ3) is 8.23. The molecule has 7 nitrogen and oxygen atoms in total. The molecule has 0 unspecified atom stereocenters. The molecule has 9 heteroatoms. The molecule has 0 heterocycles. The smallest absolute Gasteiger partial charge is 0.243 e. The largest absolute Gasteiger partial charge is 0.352 e.